The molecule has 1 heterocycles. The van der Waals surface area contributed by atoms with Gasteiger partial charge in [0.2, 0.25) is 0 Å². The Hall–Kier alpha value is -2.54. The van der Waals surface area contributed by atoms with Crippen LogP contribution in [-0.4, -0.2) is 14.8 Å². The van der Waals surface area contributed by atoms with E-state index in [1.165, 1.54) is 22.8 Å². The molecule has 3 aromatic rings. The molecule has 0 aliphatic carbocycles. The van der Waals surface area contributed by atoms with Gasteiger partial charge in [-0.3, -0.25) is 0 Å². The largest absolute Gasteiger partial charge is 0.477 e. The van der Waals surface area contributed by atoms with E-state index in [4.69, 9.17) is 16.3 Å². The van der Waals surface area contributed by atoms with Crippen molar-refractivity contribution in [1.29, 1.82) is 0 Å². The first-order valence-electron chi connectivity index (χ1n) is 7.68. The Morgan fingerprint density at radius 3 is 2.38 bits per heavy atom. The first kappa shape index (κ1) is 18.3. The van der Waals surface area contributed by atoms with E-state index in [2.05, 4.69) is 10.2 Å². The van der Waals surface area contributed by atoms with Gasteiger partial charge >= 0.3 is 0 Å². The van der Waals surface area contributed by atoms with Crippen molar-refractivity contribution < 1.29 is 17.9 Å². The maximum atomic E-state index is 14.0. The Balaban J connectivity index is 1.97. The smallest absolute Gasteiger partial charge is 0.176 e. The van der Waals surface area contributed by atoms with Gasteiger partial charge in [0.1, 0.15) is 11.6 Å². The van der Waals surface area contributed by atoms with Crippen molar-refractivity contribution >= 4 is 11.6 Å². The molecule has 136 valence electrons. The Morgan fingerprint density at radius 1 is 1.00 bits per heavy atom. The van der Waals surface area contributed by atoms with Crippen molar-refractivity contribution in [2.75, 3.05) is 0 Å². The lowest BCUT2D eigenvalue weighted by Crippen LogP contribution is -2.29. The molecular weight excluding hydrogens is 367 g/mol. The third-order valence-electron chi connectivity index (χ3n) is 3.84. The average molecular weight is 382 g/mol. The highest BCUT2D eigenvalue weighted by atomic mass is 35.5. The van der Waals surface area contributed by atoms with Gasteiger partial charge in [-0.1, -0.05) is 11.6 Å². The number of hydrogen-bond acceptors (Lipinski definition) is 3. The van der Waals surface area contributed by atoms with E-state index in [1.54, 1.807) is 20.9 Å². The third kappa shape index (κ3) is 3.39. The predicted molar refractivity (Wildman–Crippen MR) is 91.4 cm³/mol. The lowest BCUT2D eigenvalue weighted by molar-refractivity contribution is 0.0894. The fourth-order valence-corrected chi connectivity index (χ4v) is 2.80. The molecule has 4 nitrogen and oxygen atoms in total. The van der Waals surface area contributed by atoms with Gasteiger partial charge < -0.3 is 9.30 Å². The van der Waals surface area contributed by atoms with Crippen LogP contribution in [0.15, 0.2) is 36.4 Å². The molecule has 0 bridgehead atoms. The molecule has 0 unspecified atom stereocenters. The molecule has 0 atom stereocenters. The summed E-state index contributed by atoms with van der Waals surface area (Å²) >= 11 is 5.74. The minimum atomic E-state index is -1.08. The highest BCUT2D eigenvalue weighted by Crippen LogP contribution is 2.31. The van der Waals surface area contributed by atoms with Gasteiger partial charge in [0.15, 0.2) is 28.8 Å². The Labute approximate surface area is 153 Å². The number of hydrogen-bond donors (Lipinski definition) is 0. The fraction of sp³-hybridized carbons (Fsp3) is 0.222. The van der Waals surface area contributed by atoms with E-state index in [0.29, 0.717) is 5.82 Å². The lowest BCUT2D eigenvalue weighted by Gasteiger charge is -2.25. The molecule has 0 saturated carbocycles. The predicted octanol–water partition coefficient (Wildman–Crippen LogP) is 4.87. The molecule has 3 rings (SSSR count). The maximum absolute atomic E-state index is 14.0. The van der Waals surface area contributed by atoms with Gasteiger partial charge in [0, 0.05) is 18.1 Å². The number of ether oxygens (including phenoxy) is 1. The standard InChI is InChI=1S/C18H15ClF3N3O/c1-18(2,26-15-7-4-10(19)8-14(15)22)17-24-23-16(25(17)3)12-6-5-11(20)9-13(12)21/h4-9H,1-3H3. The lowest BCUT2D eigenvalue weighted by atomic mass is 10.1. The number of halogens is 4. The van der Waals surface area contributed by atoms with Crippen LogP contribution in [0.25, 0.3) is 11.4 Å². The normalized spacial score (nSPS) is 11.7. The molecular formula is C18H15ClF3N3O. The second-order valence-corrected chi connectivity index (χ2v) is 6.65. The molecule has 0 amide bonds. The summed E-state index contributed by atoms with van der Waals surface area (Å²) in [5.41, 5.74) is -0.980. The van der Waals surface area contributed by atoms with Crippen molar-refractivity contribution in [1.82, 2.24) is 14.8 Å². The second kappa shape index (κ2) is 6.64. The van der Waals surface area contributed by atoms with Crippen LogP contribution in [0.3, 0.4) is 0 Å². The minimum absolute atomic E-state index is 0.00286. The van der Waals surface area contributed by atoms with Gasteiger partial charge in [-0.05, 0) is 44.2 Å². The summed E-state index contributed by atoms with van der Waals surface area (Å²) < 4.78 is 48.4. The molecule has 0 aliphatic rings. The summed E-state index contributed by atoms with van der Waals surface area (Å²) in [5, 5.41) is 8.28. The number of aromatic nitrogens is 3. The summed E-state index contributed by atoms with van der Waals surface area (Å²) in [6.07, 6.45) is 0. The zero-order valence-corrected chi connectivity index (χ0v) is 15.0. The molecule has 2 aromatic carbocycles. The van der Waals surface area contributed by atoms with Gasteiger partial charge in [0.25, 0.3) is 0 Å². The summed E-state index contributed by atoms with van der Waals surface area (Å²) in [7, 11) is 1.62. The number of rotatable bonds is 4. The van der Waals surface area contributed by atoms with Crippen molar-refractivity contribution in [3.8, 4) is 17.1 Å². The average Bonchev–Trinajstić information content (AvgIpc) is 2.92. The van der Waals surface area contributed by atoms with E-state index in [0.717, 1.165) is 18.2 Å². The van der Waals surface area contributed by atoms with E-state index in [9.17, 15) is 13.2 Å². The molecule has 0 fully saturated rings. The molecule has 1 aromatic heterocycles. The highest BCUT2D eigenvalue weighted by molar-refractivity contribution is 6.30. The monoisotopic (exact) mass is 381 g/mol. The van der Waals surface area contributed by atoms with Gasteiger partial charge in [-0.15, -0.1) is 10.2 Å². The topological polar surface area (TPSA) is 39.9 Å². The molecule has 26 heavy (non-hydrogen) atoms. The van der Waals surface area contributed by atoms with E-state index < -0.39 is 23.1 Å². The summed E-state index contributed by atoms with van der Waals surface area (Å²) in [6.45, 7) is 3.35. The third-order valence-corrected chi connectivity index (χ3v) is 4.08. The minimum Gasteiger partial charge on any atom is -0.477 e. The second-order valence-electron chi connectivity index (χ2n) is 6.22. The molecule has 0 spiro atoms. The first-order valence-corrected chi connectivity index (χ1v) is 8.06. The van der Waals surface area contributed by atoms with E-state index in [1.807, 2.05) is 0 Å². The van der Waals surface area contributed by atoms with Crippen molar-refractivity contribution in [3.63, 3.8) is 0 Å². The van der Waals surface area contributed by atoms with Crippen LogP contribution in [-0.2, 0) is 12.6 Å². The summed E-state index contributed by atoms with van der Waals surface area (Å²) in [6, 6.07) is 7.25. The summed E-state index contributed by atoms with van der Waals surface area (Å²) in [5.74, 6) is -1.52. The van der Waals surface area contributed by atoms with Gasteiger partial charge in [0.05, 0.1) is 5.56 Å². The Morgan fingerprint density at radius 2 is 1.73 bits per heavy atom. The molecule has 8 heteroatoms. The fourth-order valence-electron chi connectivity index (χ4n) is 2.64. The SMILES string of the molecule is Cn1c(-c2ccc(F)cc2F)nnc1C(C)(C)Oc1ccc(Cl)cc1F. The quantitative estimate of drug-likeness (QED) is 0.647. The highest BCUT2D eigenvalue weighted by Gasteiger charge is 2.31. The molecule has 0 radical (unpaired) electrons. The van der Waals surface area contributed by atoms with Crippen molar-refractivity contribution in [3.05, 3.63) is 64.7 Å². The zero-order valence-electron chi connectivity index (χ0n) is 14.2. The van der Waals surface area contributed by atoms with Crippen LogP contribution >= 0.6 is 11.6 Å². The van der Waals surface area contributed by atoms with Gasteiger partial charge in [-0.2, -0.15) is 0 Å². The Kier molecular flexibility index (Phi) is 4.66. The maximum Gasteiger partial charge on any atom is 0.176 e. The molecule has 0 aliphatic heterocycles. The van der Waals surface area contributed by atoms with E-state index in [-0.39, 0.29) is 22.2 Å². The van der Waals surface area contributed by atoms with E-state index >= 15 is 0 Å². The number of nitrogens with zero attached hydrogens (tertiary/aromatic N) is 3. The molecule has 0 saturated heterocycles. The molecule has 0 N–H and O–H groups in total. The number of benzene rings is 2. The van der Waals surface area contributed by atoms with Crippen LogP contribution in [0.4, 0.5) is 13.2 Å². The summed E-state index contributed by atoms with van der Waals surface area (Å²) in [4.78, 5) is 0. The van der Waals surface area contributed by atoms with Crippen molar-refractivity contribution in [2.24, 2.45) is 7.05 Å². The van der Waals surface area contributed by atoms with Crippen LogP contribution < -0.4 is 4.74 Å². The van der Waals surface area contributed by atoms with Crippen LogP contribution in [0.5, 0.6) is 5.75 Å². The van der Waals surface area contributed by atoms with Crippen LogP contribution in [0.1, 0.15) is 19.7 Å². The first-order chi connectivity index (χ1) is 12.2. The van der Waals surface area contributed by atoms with Crippen LogP contribution in [0.2, 0.25) is 5.02 Å². The van der Waals surface area contributed by atoms with Crippen LogP contribution in [0, 0.1) is 17.5 Å². The zero-order chi connectivity index (χ0) is 19.1. The Bertz CT molecular complexity index is 972. The van der Waals surface area contributed by atoms with Gasteiger partial charge in [-0.25, -0.2) is 13.2 Å². The van der Waals surface area contributed by atoms with Crippen molar-refractivity contribution in [2.45, 2.75) is 19.4 Å².